The SMILES string of the molecule is COc1ccc(C(=O)O)c(-c2cn[nH]c2C=O)c1. The number of carbonyl (C=O) groups excluding carboxylic acids is 1. The fraction of sp³-hybridized carbons (Fsp3) is 0.0833. The Labute approximate surface area is 102 Å². The number of H-pyrrole nitrogens is 1. The van der Waals surface area contributed by atoms with Crippen molar-refractivity contribution < 1.29 is 19.4 Å². The van der Waals surface area contributed by atoms with Crippen molar-refractivity contribution in [1.82, 2.24) is 10.2 Å². The maximum atomic E-state index is 11.2. The van der Waals surface area contributed by atoms with Crippen molar-refractivity contribution in [3.05, 3.63) is 35.7 Å². The largest absolute Gasteiger partial charge is 0.497 e. The van der Waals surface area contributed by atoms with E-state index in [2.05, 4.69) is 10.2 Å². The smallest absolute Gasteiger partial charge is 0.336 e. The Morgan fingerprint density at radius 2 is 2.22 bits per heavy atom. The van der Waals surface area contributed by atoms with E-state index in [1.54, 1.807) is 12.1 Å². The van der Waals surface area contributed by atoms with Crippen molar-refractivity contribution >= 4 is 12.3 Å². The number of nitrogens with zero attached hydrogens (tertiary/aromatic N) is 1. The van der Waals surface area contributed by atoms with E-state index in [-0.39, 0.29) is 11.3 Å². The van der Waals surface area contributed by atoms with Gasteiger partial charge in [-0.05, 0) is 18.2 Å². The zero-order chi connectivity index (χ0) is 13.1. The molecule has 0 spiro atoms. The number of aldehydes is 1. The molecule has 0 aliphatic carbocycles. The number of ether oxygens (including phenoxy) is 1. The molecule has 0 radical (unpaired) electrons. The highest BCUT2D eigenvalue weighted by Gasteiger charge is 2.16. The van der Waals surface area contributed by atoms with Crippen molar-refractivity contribution in [2.75, 3.05) is 7.11 Å². The number of carbonyl (C=O) groups is 2. The summed E-state index contributed by atoms with van der Waals surface area (Å²) < 4.78 is 5.05. The number of aromatic nitrogens is 2. The Hall–Kier alpha value is -2.63. The van der Waals surface area contributed by atoms with E-state index in [4.69, 9.17) is 9.84 Å². The Bertz CT molecular complexity index is 604. The van der Waals surface area contributed by atoms with Crippen LogP contribution in [-0.4, -0.2) is 34.7 Å². The van der Waals surface area contributed by atoms with Crippen LogP contribution in [0.1, 0.15) is 20.8 Å². The molecule has 0 fully saturated rings. The van der Waals surface area contributed by atoms with Crippen LogP contribution in [0.15, 0.2) is 24.4 Å². The van der Waals surface area contributed by atoms with Crippen LogP contribution in [0, 0.1) is 0 Å². The fourth-order valence-electron chi connectivity index (χ4n) is 1.66. The van der Waals surface area contributed by atoms with E-state index < -0.39 is 5.97 Å². The monoisotopic (exact) mass is 246 g/mol. The molecular formula is C12H10N2O4. The lowest BCUT2D eigenvalue weighted by molar-refractivity contribution is 0.0697. The van der Waals surface area contributed by atoms with Gasteiger partial charge >= 0.3 is 5.97 Å². The third-order valence-electron chi connectivity index (χ3n) is 2.53. The van der Waals surface area contributed by atoms with E-state index in [1.807, 2.05) is 0 Å². The quantitative estimate of drug-likeness (QED) is 0.799. The predicted octanol–water partition coefficient (Wildman–Crippen LogP) is 1.60. The zero-order valence-electron chi connectivity index (χ0n) is 9.51. The van der Waals surface area contributed by atoms with Gasteiger partial charge in [-0.25, -0.2) is 4.79 Å². The molecule has 1 aromatic heterocycles. The van der Waals surface area contributed by atoms with Crippen LogP contribution in [0.5, 0.6) is 5.75 Å². The molecule has 0 unspecified atom stereocenters. The topological polar surface area (TPSA) is 92.3 Å². The second-order valence-electron chi connectivity index (χ2n) is 3.53. The lowest BCUT2D eigenvalue weighted by Crippen LogP contribution is -2.00. The average molecular weight is 246 g/mol. The number of aromatic carboxylic acids is 1. The van der Waals surface area contributed by atoms with Gasteiger partial charge in [0.2, 0.25) is 0 Å². The molecule has 0 aliphatic rings. The Balaban J connectivity index is 2.67. The zero-order valence-corrected chi connectivity index (χ0v) is 9.51. The Morgan fingerprint density at radius 1 is 1.44 bits per heavy atom. The summed E-state index contributed by atoms with van der Waals surface area (Å²) in [7, 11) is 1.48. The molecule has 0 saturated heterocycles. The van der Waals surface area contributed by atoms with E-state index in [1.165, 1.54) is 19.4 Å². The minimum absolute atomic E-state index is 0.0836. The van der Waals surface area contributed by atoms with Gasteiger partial charge in [0.1, 0.15) is 11.4 Å². The third kappa shape index (κ3) is 1.95. The lowest BCUT2D eigenvalue weighted by Gasteiger charge is -2.07. The molecule has 0 bridgehead atoms. The highest BCUT2D eigenvalue weighted by atomic mass is 16.5. The van der Waals surface area contributed by atoms with Crippen molar-refractivity contribution in [3.8, 4) is 16.9 Å². The molecule has 2 N–H and O–H groups in total. The molecule has 0 saturated carbocycles. The summed E-state index contributed by atoms with van der Waals surface area (Å²) in [4.78, 5) is 22.0. The van der Waals surface area contributed by atoms with Crippen molar-refractivity contribution in [2.45, 2.75) is 0 Å². The summed E-state index contributed by atoms with van der Waals surface area (Å²) in [5.41, 5.74) is 1.13. The molecule has 0 amide bonds. The number of hydrogen-bond acceptors (Lipinski definition) is 4. The average Bonchev–Trinajstić information content (AvgIpc) is 2.85. The molecule has 1 heterocycles. The molecule has 2 aromatic rings. The summed E-state index contributed by atoms with van der Waals surface area (Å²) in [6.07, 6.45) is 2.00. The number of benzene rings is 1. The first-order valence-corrected chi connectivity index (χ1v) is 5.07. The fourth-order valence-corrected chi connectivity index (χ4v) is 1.66. The van der Waals surface area contributed by atoms with Crippen LogP contribution in [0.3, 0.4) is 0 Å². The van der Waals surface area contributed by atoms with Gasteiger partial charge in [-0.15, -0.1) is 0 Å². The van der Waals surface area contributed by atoms with Crippen molar-refractivity contribution in [1.29, 1.82) is 0 Å². The molecule has 0 aliphatic heterocycles. The molecule has 18 heavy (non-hydrogen) atoms. The standard InChI is InChI=1S/C12H10N2O4/c1-18-7-2-3-8(12(16)17)9(4-7)10-5-13-14-11(10)6-15/h2-6H,1H3,(H,13,14)(H,16,17). The first kappa shape index (κ1) is 11.8. The predicted molar refractivity (Wildman–Crippen MR) is 62.9 cm³/mol. The van der Waals surface area contributed by atoms with Crippen LogP contribution in [0.25, 0.3) is 11.1 Å². The molecular weight excluding hydrogens is 236 g/mol. The van der Waals surface area contributed by atoms with Crippen molar-refractivity contribution in [3.63, 3.8) is 0 Å². The van der Waals surface area contributed by atoms with E-state index >= 15 is 0 Å². The first-order chi connectivity index (χ1) is 8.67. The summed E-state index contributed by atoms with van der Waals surface area (Å²) in [5, 5.41) is 15.4. The van der Waals surface area contributed by atoms with Gasteiger partial charge < -0.3 is 9.84 Å². The van der Waals surface area contributed by atoms with Gasteiger partial charge in [-0.3, -0.25) is 9.89 Å². The number of hydrogen-bond donors (Lipinski definition) is 2. The number of carboxylic acids is 1. The summed E-state index contributed by atoms with van der Waals surface area (Å²) in [5.74, 6) is -0.571. The molecule has 6 heteroatoms. The minimum atomic E-state index is -1.08. The number of carboxylic acid groups (broad SMARTS) is 1. The van der Waals surface area contributed by atoms with Crippen molar-refractivity contribution in [2.24, 2.45) is 0 Å². The maximum absolute atomic E-state index is 11.2. The van der Waals surface area contributed by atoms with Gasteiger partial charge in [-0.2, -0.15) is 5.10 Å². The molecule has 92 valence electrons. The number of aromatic amines is 1. The van der Waals surface area contributed by atoms with Gasteiger partial charge in [0.15, 0.2) is 6.29 Å². The number of methoxy groups -OCH3 is 1. The normalized spacial score (nSPS) is 10.1. The molecule has 6 nitrogen and oxygen atoms in total. The number of nitrogens with one attached hydrogen (secondary N) is 1. The molecule has 1 aromatic carbocycles. The summed E-state index contributed by atoms with van der Waals surface area (Å²) in [6, 6.07) is 4.53. The lowest BCUT2D eigenvalue weighted by atomic mass is 10.00. The third-order valence-corrected chi connectivity index (χ3v) is 2.53. The summed E-state index contributed by atoms with van der Waals surface area (Å²) >= 11 is 0. The van der Waals surface area contributed by atoms with E-state index in [9.17, 15) is 9.59 Å². The Morgan fingerprint density at radius 3 is 2.83 bits per heavy atom. The second kappa shape index (κ2) is 4.70. The van der Waals surface area contributed by atoms with Crippen LogP contribution in [0.4, 0.5) is 0 Å². The van der Waals surface area contributed by atoms with Crippen LogP contribution in [0.2, 0.25) is 0 Å². The molecule has 2 rings (SSSR count). The van der Waals surface area contributed by atoms with E-state index in [0.717, 1.165) is 0 Å². The van der Waals surface area contributed by atoms with Crippen LogP contribution in [-0.2, 0) is 0 Å². The molecule has 0 atom stereocenters. The highest BCUT2D eigenvalue weighted by molar-refractivity contribution is 5.99. The van der Waals surface area contributed by atoms with Gasteiger partial charge in [0.25, 0.3) is 0 Å². The Kier molecular flexibility index (Phi) is 3.09. The highest BCUT2D eigenvalue weighted by Crippen LogP contribution is 2.29. The number of rotatable bonds is 4. The summed E-state index contributed by atoms with van der Waals surface area (Å²) in [6.45, 7) is 0. The van der Waals surface area contributed by atoms with Gasteiger partial charge in [0.05, 0.1) is 18.9 Å². The van der Waals surface area contributed by atoms with E-state index in [0.29, 0.717) is 23.2 Å². The van der Waals surface area contributed by atoms with Crippen LogP contribution < -0.4 is 4.74 Å². The minimum Gasteiger partial charge on any atom is -0.497 e. The second-order valence-corrected chi connectivity index (χ2v) is 3.53. The van der Waals surface area contributed by atoms with Gasteiger partial charge in [-0.1, -0.05) is 0 Å². The first-order valence-electron chi connectivity index (χ1n) is 5.07. The maximum Gasteiger partial charge on any atom is 0.336 e. The van der Waals surface area contributed by atoms with Gasteiger partial charge in [0, 0.05) is 11.1 Å². The van der Waals surface area contributed by atoms with Crippen LogP contribution >= 0.6 is 0 Å².